The molecule has 2 atom stereocenters. The van der Waals surface area contributed by atoms with E-state index < -0.39 is 15.9 Å². The molecular weight excluding hydrogens is 545 g/mol. The lowest BCUT2D eigenvalue weighted by Crippen LogP contribution is -2.48. The molecule has 1 aliphatic heterocycles. The Morgan fingerprint density at radius 2 is 1.89 bits per heavy atom. The Labute approximate surface area is 229 Å². The summed E-state index contributed by atoms with van der Waals surface area (Å²) < 4.78 is 39.7. The van der Waals surface area contributed by atoms with Crippen LogP contribution in [-0.2, 0) is 14.8 Å². The molecule has 9 nitrogen and oxygen atoms in total. The number of ether oxygens (including phenoxy) is 2. The fourth-order valence-electron chi connectivity index (χ4n) is 4.15. The second-order valence-electron chi connectivity index (χ2n) is 8.81. The molecule has 198 valence electrons. The zero-order chi connectivity index (χ0) is 26.9. The molecule has 4 aromatic rings. The van der Waals surface area contributed by atoms with Gasteiger partial charge < -0.3 is 9.47 Å². The summed E-state index contributed by atoms with van der Waals surface area (Å²) in [4.78, 5) is 19.2. The zero-order valence-corrected chi connectivity index (χ0v) is 23.4. The van der Waals surface area contributed by atoms with E-state index in [1.807, 2.05) is 49.6 Å². The van der Waals surface area contributed by atoms with Gasteiger partial charge in [0, 0.05) is 23.5 Å². The number of hydrazone groups is 1. The van der Waals surface area contributed by atoms with Crippen molar-refractivity contribution in [2.24, 2.45) is 5.10 Å². The normalized spacial score (nSPS) is 18.7. The standard InChI is InChI=1S/C26H26N4O5S3/c1-17-15-29(16-18(2)35-17)38(32,33)22-9-6-19(7-10-22)25(31)30(27-14-21-5-4-12-36-21)26-28-23-11-8-20(34-3)13-24(23)37-26/h4-14,17-18H,15-16H2,1-3H3/b27-14+. The van der Waals surface area contributed by atoms with Crippen LogP contribution in [0.15, 0.2) is 70.0 Å². The van der Waals surface area contributed by atoms with E-state index in [0.717, 1.165) is 9.58 Å². The Hall–Kier alpha value is -3.16. The van der Waals surface area contributed by atoms with Crippen LogP contribution in [0.3, 0.4) is 0 Å². The molecule has 1 saturated heterocycles. The van der Waals surface area contributed by atoms with Crippen LogP contribution >= 0.6 is 22.7 Å². The maximum Gasteiger partial charge on any atom is 0.280 e. The number of anilines is 1. The number of nitrogens with zero attached hydrogens (tertiary/aromatic N) is 4. The Balaban J connectivity index is 1.45. The fourth-order valence-corrected chi connectivity index (χ4v) is 7.27. The maximum atomic E-state index is 13.6. The lowest BCUT2D eigenvalue weighted by Gasteiger charge is -2.34. The first kappa shape index (κ1) is 26.4. The maximum absolute atomic E-state index is 13.6. The smallest absolute Gasteiger partial charge is 0.280 e. The minimum absolute atomic E-state index is 0.121. The SMILES string of the molecule is COc1ccc2nc(N(/N=C/c3cccs3)C(=O)c3ccc(S(=O)(=O)N4CC(C)OC(C)C4)cc3)sc2c1. The van der Waals surface area contributed by atoms with Gasteiger partial charge >= 0.3 is 0 Å². The molecule has 2 aromatic carbocycles. The predicted octanol–water partition coefficient (Wildman–Crippen LogP) is 4.85. The number of fused-ring (bicyclic) bond motifs is 1. The van der Waals surface area contributed by atoms with Gasteiger partial charge in [0.1, 0.15) is 5.75 Å². The number of carbonyl (C=O) groups is 1. The number of sulfonamides is 1. The summed E-state index contributed by atoms with van der Waals surface area (Å²) in [5.74, 6) is 0.259. The van der Waals surface area contributed by atoms with Crippen molar-refractivity contribution in [2.45, 2.75) is 31.0 Å². The van der Waals surface area contributed by atoms with Gasteiger partial charge in [-0.2, -0.15) is 14.4 Å². The van der Waals surface area contributed by atoms with Crippen molar-refractivity contribution in [1.29, 1.82) is 0 Å². The molecule has 2 unspecified atom stereocenters. The van der Waals surface area contributed by atoms with Crippen molar-refractivity contribution >= 4 is 60.2 Å². The van der Waals surface area contributed by atoms with E-state index in [2.05, 4.69) is 10.1 Å². The lowest BCUT2D eigenvalue weighted by molar-refractivity contribution is -0.0440. The number of rotatable bonds is 7. The topological polar surface area (TPSA) is 101 Å². The summed E-state index contributed by atoms with van der Waals surface area (Å²) in [6.45, 7) is 4.26. The van der Waals surface area contributed by atoms with Crippen molar-refractivity contribution in [1.82, 2.24) is 9.29 Å². The van der Waals surface area contributed by atoms with Crippen molar-refractivity contribution in [3.8, 4) is 5.75 Å². The molecule has 0 saturated carbocycles. The lowest BCUT2D eigenvalue weighted by atomic mass is 10.2. The average Bonchev–Trinajstić information content (AvgIpc) is 3.57. The molecule has 38 heavy (non-hydrogen) atoms. The largest absolute Gasteiger partial charge is 0.497 e. The number of hydrogen-bond acceptors (Lipinski definition) is 9. The quantitative estimate of drug-likeness (QED) is 0.233. The van der Waals surface area contributed by atoms with Crippen molar-refractivity contribution in [3.63, 3.8) is 0 Å². The number of morpholine rings is 1. The van der Waals surface area contributed by atoms with E-state index >= 15 is 0 Å². The molecule has 2 aromatic heterocycles. The van der Waals surface area contributed by atoms with E-state index in [9.17, 15) is 13.2 Å². The molecule has 1 aliphatic rings. The summed E-state index contributed by atoms with van der Waals surface area (Å²) in [6.07, 6.45) is 1.21. The fraction of sp³-hybridized carbons (Fsp3) is 0.269. The molecule has 0 aliphatic carbocycles. The van der Waals surface area contributed by atoms with E-state index in [-0.39, 0.29) is 35.8 Å². The zero-order valence-electron chi connectivity index (χ0n) is 21.0. The van der Waals surface area contributed by atoms with Gasteiger partial charge in [-0.25, -0.2) is 13.4 Å². The minimum atomic E-state index is -3.73. The molecule has 0 radical (unpaired) electrons. The molecular formula is C26H26N4O5S3. The van der Waals surface area contributed by atoms with Crippen molar-refractivity contribution in [3.05, 3.63) is 70.4 Å². The molecule has 1 fully saturated rings. The van der Waals surface area contributed by atoms with Crippen molar-refractivity contribution in [2.75, 3.05) is 25.2 Å². The van der Waals surface area contributed by atoms with Gasteiger partial charge in [0.25, 0.3) is 5.91 Å². The number of hydrogen-bond donors (Lipinski definition) is 0. The minimum Gasteiger partial charge on any atom is -0.497 e. The molecule has 0 bridgehead atoms. The molecule has 0 spiro atoms. The summed E-state index contributed by atoms with van der Waals surface area (Å²) in [5, 5.41) is 8.01. The highest BCUT2D eigenvalue weighted by molar-refractivity contribution is 7.89. The third-order valence-corrected chi connectivity index (χ3v) is 9.57. The van der Waals surface area contributed by atoms with Crippen LogP contribution < -0.4 is 9.75 Å². The average molecular weight is 571 g/mol. The summed E-state index contributed by atoms with van der Waals surface area (Å²) in [7, 11) is -2.14. The summed E-state index contributed by atoms with van der Waals surface area (Å²) in [6, 6.07) is 15.2. The molecule has 12 heteroatoms. The molecule has 1 amide bonds. The first-order valence-electron chi connectivity index (χ1n) is 11.9. The van der Waals surface area contributed by atoms with Crippen molar-refractivity contribution < 1.29 is 22.7 Å². The number of amides is 1. The van der Waals surface area contributed by atoms with E-state index in [4.69, 9.17) is 9.47 Å². The van der Waals surface area contributed by atoms with E-state index in [0.29, 0.717) is 16.4 Å². The number of carbonyl (C=O) groups excluding carboxylic acids is 1. The molecule has 5 rings (SSSR count). The Bertz CT molecular complexity index is 1560. The van der Waals surface area contributed by atoms with Gasteiger partial charge in [0.05, 0.1) is 40.6 Å². The summed E-state index contributed by atoms with van der Waals surface area (Å²) >= 11 is 2.81. The van der Waals surface area contributed by atoms with E-state index in [1.165, 1.54) is 56.3 Å². The Morgan fingerprint density at radius 3 is 2.55 bits per heavy atom. The molecule has 3 heterocycles. The number of methoxy groups -OCH3 is 1. The van der Waals surface area contributed by atoms with Gasteiger partial charge in [-0.05, 0) is 67.8 Å². The van der Waals surface area contributed by atoms with Gasteiger partial charge in [-0.3, -0.25) is 4.79 Å². The van der Waals surface area contributed by atoms with Gasteiger partial charge in [-0.15, -0.1) is 11.3 Å². The van der Waals surface area contributed by atoms with Crippen LogP contribution in [0.2, 0.25) is 0 Å². The highest BCUT2D eigenvalue weighted by Crippen LogP contribution is 2.33. The third kappa shape index (κ3) is 5.49. The Morgan fingerprint density at radius 1 is 1.16 bits per heavy atom. The second-order valence-corrected chi connectivity index (χ2v) is 12.7. The van der Waals surface area contributed by atoms with Gasteiger partial charge in [-0.1, -0.05) is 17.4 Å². The Kier molecular flexibility index (Phi) is 7.59. The highest BCUT2D eigenvalue weighted by Gasteiger charge is 2.32. The third-order valence-electron chi connectivity index (χ3n) is 5.93. The predicted molar refractivity (Wildman–Crippen MR) is 150 cm³/mol. The van der Waals surface area contributed by atoms with Gasteiger partial charge in [0.2, 0.25) is 15.2 Å². The number of benzene rings is 2. The van der Waals surface area contributed by atoms with Crippen LogP contribution in [0.25, 0.3) is 10.2 Å². The van der Waals surface area contributed by atoms with Crippen LogP contribution in [0.4, 0.5) is 5.13 Å². The second kappa shape index (κ2) is 10.9. The van der Waals surface area contributed by atoms with E-state index in [1.54, 1.807) is 13.3 Å². The highest BCUT2D eigenvalue weighted by atomic mass is 32.2. The number of thiophene rings is 1. The first-order chi connectivity index (χ1) is 18.2. The summed E-state index contributed by atoms with van der Waals surface area (Å²) in [5.41, 5.74) is 0.998. The van der Waals surface area contributed by atoms with Gasteiger partial charge in [0.15, 0.2) is 0 Å². The van der Waals surface area contributed by atoms with Crippen LogP contribution in [0, 0.1) is 0 Å². The monoisotopic (exact) mass is 570 g/mol. The number of aromatic nitrogens is 1. The van der Waals surface area contributed by atoms with Crippen LogP contribution in [0.5, 0.6) is 5.75 Å². The number of thiazole rings is 1. The van der Waals surface area contributed by atoms with Crippen LogP contribution in [0.1, 0.15) is 29.1 Å². The molecule has 0 N–H and O–H groups in total. The first-order valence-corrected chi connectivity index (χ1v) is 15.0. The van der Waals surface area contributed by atoms with Crippen LogP contribution in [-0.4, -0.2) is 62.2 Å².